The predicted octanol–water partition coefficient (Wildman–Crippen LogP) is 1.84. The summed E-state index contributed by atoms with van der Waals surface area (Å²) in [5, 5.41) is 0. The number of hydrogen-bond acceptors (Lipinski definition) is 4. The van der Waals surface area contributed by atoms with Crippen molar-refractivity contribution in [2.75, 3.05) is 6.61 Å². The zero-order chi connectivity index (χ0) is 12.5. The highest BCUT2D eigenvalue weighted by molar-refractivity contribution is 5.86. The molecular weight excluding hydrogens is 230 g/mol. The zero-order valence-electron chi connectivity index (χ0n) is 10.8. The van der Waals surface area contributed by atoms with Crippen molar-refractivity contribution in [3.63, 3.8) is 0 Å². The normalized spacial score (nSPS) is 36.8. The van der Waals surface area contributed by atoms with Gasteiger partial charge in [-0.2, -0.15) is 0 Å². The van der Waals surface area contributed by atoms with Gasteiger partial charge in [-0.25, -0.2) is 10.2 Å². The van der Waals surface area contributed by atoms with Crippen molar-refractivity contribution in [2.45, 2.75) is 45.1 Å². The van der Waals surface area contributed by atoms with E-state index in [2.05, 4.69) is 10.9 Å². The number of hydrazine groups is 1. The largest absolute Gasteiger partial charge is 0.449 e. The van der Waals surface area contributed by atoms with Gasteiger partial charge in [-0.15, -0.1) is 0 Å². The average Bonchev–Trinajstić information content (AvgIpc) is 2.51. The number of ether oxygens (including phenoxy) is 1. The SMILES string of the molecule is CCOC(=O)NNC1=NC2CC3CC(C2)CC1C3. The number of aliphatic imine (C=N–C) groups is 1. The number of amidine groups is 1. The number of rotatable bonds is 1. The maximum absolute atomic E-state index is 11.3. The fourth-order valence-corrected chi connectivity index (χ4v) is 3.86. The Hall–Kier alpha value is -1.26. The molecule has 2 heterocycles. The van der Waals surface area contributed by atoms with Gasteiger partial charge in [0, 0.05) is 5.92 Å². The van der Waals surface area contributed by atoms with Gasteiger partial charge in [0.1, 0.15) is 5.84 Å². The van der Waals surface area contributed by atoms with Gasteiger partial charge in [0.15, 0.2) is 0 Å². The molecule has 0 aromatic heterocycles. The van der Waals surface area contributed by atoms with Crippen LogP contribution in [0, 0.1) is 17.8 Å². The molecule has 5 heteroatoms. The Morgan fingerprint density at radius 2 is 2.00 bits per heavy atom. The average molecular weight is 251 g/mol. The zero-order valence-corrected chi connectivity index (χ0v) is 10.8. The highest BCUT2D eigenvalue weighted by Gasteiger charge is 2.41. The Morgan fingerprint density at radius 3 is 2.67 bits per heavy atom. The molecule has 2 unspecified atom stereocenters. The maximum Gasteiger partial charge on any atom is 0.425 e. The summed E-state index contributed by atoms with van der Waals surface area (Å²) >= 11 is 0. The minimum absolute atomic E-state index is 0.385. The van der Waals surface area contributed by atoms with Crippen LogP contribution in [0.1, 0.15) is 39.0 Å². The van der Waals surface area contributed by atoms with Crippen molar-refractivity contribution in [3.05, 3.63) is 0 Å². The number of amides is 1. The van der Waals surface area contributed by atoms with Crippen molar-refractivity contribution in [1.82, 2.24) is 10.9 Å². The number of nitrogens with zero attached hydrogens (tertiary/aromatic N) is 1. The highest BCUT2D eigenvalue weighted by Crippen LogP contribution is 2.46. The Morgan fingerprint density at radius 1 is 1.28 bits per heavy atom. The Labute approximate surface area is 107 Å². The number of carbonyl (C=O) groups excluding carboxylic acids is 1. The summed E-state index contributed by atoms with van der Waals surface area (Å²) in [6.45, 7) is 2.18. The smallest absolute Gasteiger partial charge is 0.425 e. The van der Waals surface area contributed by atoms with Gasteiger partial charge in [0.2, 0.25) is 0 Å². The second kappa shape index (κ2) is 4.78. The van der Waals surface area contributed by atoms with Gasteiger partial charge < -0.3 is 4.74 Å². The molecule has 4 bridgehead atoms. The van der Waals surface area contributed by atoms with E-state index in [-0.39, 0.29) is 0 Å². The minimum atomic E-state index is -0.427. The van der Waals surface area contributed by atoms with E-state index in [0.717, 1.165) is 17.7 Å². The second-order valence-electron chi connectivity index (χ2n) is 5.75. The Bertz CT molecular complexity index is 355. The van der Waals surface area contributed by atoms with Crippen LogP contribution in [0.3, 0.4) is 0 Å². The third-order valence-corrected chi connectivity index (χ3v) is 4.39. The van der Waals surface area contributed by atoms with Gasteiger partial charge in [-0.1, -0.05) is 0 Å². The molecule has 2 fully saturated rings. The van der Waals surface area contributed by atoms with Crippen molar-refractivity contribution < 1.29 is 9.53 Å². The summed E-state index contributed by atoms with van der Waals surface area (Å²) in [4.78, 5) is 16.1. The first-order valence-electron chi connectivity index (χ1n) is 7.01. The van der Waals surface area contributed by atoms with Crippen molar-refractivity contribution >= 4 is 11.9 Å². The Balaban J connectivity index is 1.63. The summed E-state index contributed by atoms with van der Waals surface area (Å²) in [6.07, 6.45) is 5.88. The van der Waals surface area contributed by atoms with E-state index >= 15 is 0 Å². The van der Waals surface area contributed by atoms with Crippen LogP contribution in [-0.4, -0.2) is 24.6 Å². The van der Waals surface area contributed by atoms with Gasteiger partial charge in [0.05, 0.1) is 12.6 Å². The van der Waals surface area contributed by atoms with Crippen LogP contribution in [0.15, 0.2) is 4.99 Å². The van der Waals surface area contributed by atoms with Gasteiger partial charge >= 0.3 is 6.09 Å². The fraction of sp³-hybridized carbons (Fsp3) is 0.846. The minimum Gasteiger partial charge on any atom is -0.449 e. The number of hydrogen-bond donors (Lipinski definition) is 2. The summed E-state index contributed by atoms with van der Waals surface area (Å²) < 4.78 is 4.84. The van der Waals surface area contributed by atoms with Crippen LogP contribution in [0.25, 0.3) is 0 Å². The molecule has 4 aliphatic rings. The molecule has 100 valence electrons. The third kappa shape index (κ3) is 2.31. The summed E-state index contributed by atoms with van der Waals surface area (Å²) in [6, 6.07) is 0.466. The van der Waals surface area contributed by atoms with Crippen molar-refractivity contribution in [2.24, 2.45) is 22.7 Å². The maximum atomic E-state index is 11.3. The summed E-state index contributed by atoms with van der Waals surface area (Å²) in [7, 11) is 0. The number of nitrogens with one attached hydrogen (secondary N) is 2. The topological polar surface area (TPSA) is 62.7 Å². The molecule has 0 saturated heterocycles. The van der Waals surface area contributed by atoms with Crippen molar-refractivity contribution in [3.8, 4) is 0 Å². The molecule has 2 atom stereocenters. The lowest BCUT2D eigenvalue weighted by atomic mass is 9.68. The molecule has 1 amide bonds. The van der Waals surface area contributed by atoms with Gasteiger partial charge in [-0.05, 0) is 50.9 Å². The lowest BCUT2D eigenvalue weighted by Crippen LogP contribution is -2.45. The summed E-state index contributed by atoms with van der Waals surface area (Å²) in [5.41, 5.74) is 5.57. The third-order valence-electron chi connectivity index (χ3n) is 4.39. The molecular formula is C13H21N3O2. The molecule has 0 radical (unpaired) electrons. The lowest BCUT2D eigenvalue weighted by Gasteiger charge is -2.37. The molecule has 2 aliphatic heterocycles. The molecule has 0 aromatic rings. The van der Waals surface area contributed by atoms with Crippen LogP contribution < -0.4 is 10.9 Å². The Kier molecular flexibility index (Phi) is 3.14. The van der Waals surface area contributed by atoms with E-state index in [9.17, 15) is 4.79 Å². The second-order valence-corrected chi connectivity index (χ2v) is 5.75. The first-order valence-corrected chi connectivity index (χ1v) is 7.01. The van der Waals surface area contributed by atoms with Crippen molar-refractivity contribution in [1.29, 1.82) is 0 Å². The standard InChI is InChI=1S/C13H21N3O2/c1-2-18-13(17)16-15-12-10-4-8-3-9(5-10)7-11(6-8)14-12/h8-11H,2-7H2,1H3,(H,14,15)(H,16,17). The van der Waals surface area contributed by atoms with E-state index in [0.29, 0.717) is 18.6 Å². The van der Waals surface area contributed by atoms with Gasteiger partial charge in [0.25, 0.3) is 0 Å². The predicted molar refractivity (Wildman–Crippen MR) is 68.1 cm³/mol. The van der Waals surface area contributed by atoms with Crippen LogP contribution in [0.5, 0.6) is 0 Å². The molecule has 2 saturated carbocycles. The van der Waals surface area contributed by atoms with E-state index < -0.39 is 6.09 Å². The molecule has 2 N–H and O–H groups in total. The first-order chi connectivity index (χ1) is 8.74. The van der Waals surface area contributed by atoms with E-state index in [1.165, 1.54) is 32.1 Å². The van der Waals surface area contributed by atoms with Crippen LogP contribution >= 0.6 is 0 Å². The van der Waals surface area contributed by atoms with E-state index in [4.69, 9.17) is 9.73 Å². The monoisotopic (exact) mass is 251 g/mol. The van der Waals surface area contributed by atoms with E-state index in [1.54, 1.807) is 6.92 Å². The van der Waals surface area contributed by atoms with Crippen LogP contribution in [0.4, 0.5) is 4.79 Å². The first kappa shape index (κ1) is 11.8. The molecule has 5 nitrogen and oxygen atoms in total. The lowest BCUT2D eigenvalue weighted by molar-refractivity contribution is 0.148. The fourth-order valence-electron chi connectivity index (χ4n) is 3.86. The number of carbonyl (C=O) groups is 1. The summed E-state index contributed by atoms with van der Waals surface area (Å²) in [5.74, 6) is 3.16. The highest BCUT2D eigenvalue weighted by atomic mass is 16.5. The van der Waals surface area contributed by atoms with E-state index in [1.807, 2.05) is 0 Å². The molecule has 18 heavy (non-hydrogen) atoms. The molecule has 2 aliphatic carbocycles. The molecule has 0 aromatic carbocycles. The quantitative estimate of drug-likeness (QED) is 0.699. The van der Waals surface area contributed by atoms with Crippen LogP contribution in [0.2, 0.25) is 0 Å². The van der Waals surface area contributed by atoms with Gasteiger partial charge in [-0.3, -0.25) is 10.4 Å². The molecule has 4 rings (SSSR count). The van der Waals surface area contributed by atoms with Crippen LogP contribution in [-0.2, 0) is 4.74 Å². The molecule has 0 spiro atoms.